The van der Waals surface area contributed by atoms with Gasteiger partial charge in [0.25, 0.3) is 0 Å². The molecule has 4 aromatic heterocycles. The summed E-state index contributed by atoms with van der Waals surface area (Å²) in [6.07, 6.45) is 68.3. The molecule has 8 fully saturated rings. The molecule has 0 aromatic carbocycles. The molecule has 8 saturated carbocycles. The van der Waals surface area contributed by atoms with Gasteiger partial charge in [-0.25, -0.2) is 9.59 Å². The number of fused-ring (bicyclic) bond motifs is 20. The van der Waals surface area contributed by atoms with Gasteiger partial charge in [0.05, 0.1) is 46.9 Å². The number of ether oxygens (including phenoxy) is 3. The van der Waals surface area contributed by atoms with Crippen molar-refractivity contribution >= 4 is 78.0 Å². The molecule has 0 radical (unpaired) electrons. The van der Waals surface area contributed by atoms with Crippen molar-refractivity contribution in [3.8, 4) is 0 Å². The van der Waals surface area contributed by atoms with Gasteiger partial charge >= 0.3 is 23.9 Å². The fraction of sp³-hybridized carbons (Fsp3) is 0.649. The highest BCUT2D eigenvalue weighted by atomic mass is 79.9. The Bertz CT molecular complexity index is 5010. The molecule has 0 aliphatic heterocycles. The van der Waals surface area contributed by atoms with Crippen LogP contribution in [0.1, 0.15) is 286 Å². The van der Waals surface area contributed by atoms with Gasteiger partial charge in [0.1, 0.15) is 29.0 Å². The highest BCUT2D eigenvalue weighted by Gasteiger charge is 2.63. The Morgan fingerprint density at radius 1 is 0.366 bits per heavy atom. The molecule has 0 amide bonds. The van der Waals surface area contributed by atoms with Gasteiger partial charge in [-0.15, -0.1) is 0 Å². The first-order valence-electron chi connectivity index (χ1n) is 50.6. The number of carboxylic acids is 1. The van der Waals surface area contributed by atoms with Crippen LogP contribution in [0.4, 0.5) is 0 Å². The minimum Gasteiger partial charge on any atom is -0.481 e. The number of rotatable bonds is 16. The van der Waals surface area contributed by atoms with E-state index >= 15 is 0 Å². The molecular formula is C114H158Br2N6O9+2. The number of aliphatic hydroxyl groups is 1. The number of alkyl halides is 2. The van der Waals surface area contributed by atoms with Gasteiger partial charge in [0.15, 0.2) is 13.1 Å². The topological polar surface area (TPSA) is 188 Å². The zero-order chi connectivity index (χ0) is 92.1. The molecule has 16 aliphatic carbocycles. The minimum atomic E-state index is -0.829. The lowest BCUT2D eigenvalue weighted by Crippen LogP contribution is -2.52. The molecule has 20 rings (SSSR count). The first kappa shape index (κ1) is 98.7. The number of hydrogen-bond donors (Lipinski definition) is 2. The molecule has 0 spiro atoms. The third-order valence-corrected chi connectivity index (χ3v) is 39.6. The van der Waals surface area contributed by atoms with Gasteiger partial charge in [-0.3, -0.25) is 29.5 Å². The van der Waals surface area contributed by atoms with Crippen molar-refractivity contribution in [3.05, 3.63) is 191 Å². The van der Waals surface area contributed by atoms with E-state index in [9.17, 15) is 24.3 Å². The van der Waals surface area contributed by atoms with Gasteiger partial charge in [-0.1, -0.05) is 190 Å². The van der Waals surface area contributed by atoms with E-state index in [0.29, 0.717) is 28.4 Å². The largest absolute Gasteiger partial charge is 0.481 e. The number of carbonyl (C=O) groups excluding carboxylic acids is 3. The first-order chi connectivity index (χ1) is 62.1. The van der Waals surface area contributed by atoms with Crippen LogP contribution in [0.25, 0.3) is 22.3 Å². The molecule has 0 bridgehead atoms. The Kier molecular flexibility index (Phi) is 30.0. The molecule has 12 unspecified atom stereocenters. The number of carbonyl (C=O) groups is 4. The van der Waals surface area contributed by atoms with Crippen molar-refractivity contribution in [2.24, 2.45) is 114 Å². The lowest BCUT2D eigenvalue weighted by Gasteiger charge is -2.57. The van der Waals surface area contributed by atoms with E-state index in [0.717, 1.165) is 166 Å². The molecule has 710 valence electrons. The summed E-state index contributed by atoms with van der Waals surface area (Å²) in [5.74, 6) is 8.01. The van der Waals surface area contributed by atoms with Crippen LogP contribution in [-0.2, 0) is 33.4 Å². The van der Waals surface area contributed by atoms with Crippen LogP contribution in [0, 0.1) is 114 Å². The maximum atomic E-state index is 12.9. The molecule has 16 aliphatic rings. The quantitative estimate of drug-likeness (QED) is 0.0355. The molecule has 17 heteroatoms. The average Bonchev–Trinajstić information content (AvgIpc) is 1.60. The average molecular weight is 1920 g/mol. The van der Waals surface area contributed by atoms with E-state index in [2.05, 4.69) is 231 Å². The standard InChI is InChI=1S/C32H47N2O2.C29H41N2O2.C26H32BrNO2.C24H31NO.C2H3BrO2.CH4/c1-6-34(7-2,8-3)22-30(35)36-25-15-17-31(4)24(20-25)11-12-26-28-14-13-27(23-10-9-19-33-21-23)32(28,5)18-16-29(26)31;1-28-14-12-22(33-27(32)19-31(3,4)5)17-21(28)8-9-23-25-11-10-24(20-7-6-16-30-18-20)29(25,2)15-13-26(23)28;1-25-11-9-19(30-24(29)15-27)14-18(25)5-6-20-22-8-7-21(17-4-3-13-28-16-17)26(22,2)12-10-23(20)25;1-23-11-9-18(26)14-17(23)5-6-19-21-8-7-20(16-4-3-13-25-15-16)24(21,2)12-10-22(19)23;3-1-2(4)5;/h9-11,13,19,21,25-26,28-29H,6-8,12,14-18,20,22H2,1-5H3;6-8,10,16,18,22-23,25-26H,9,11-15,17,19H2,1-5H3;3-5,7,13,16,19-20,22-23H,6,8-12,14-15H2,1-2H3;3-5,7,13,15,18-19,21-22,26H,6,8-12,14H2,1-2H3;1H2,(H,4,5);1H4/q2*+1;;;;/t25-,26?,28?,29?,31-,32+;22-,23?,25?,26?,28-,29+;19-,20?,22?,23?,25-,26+;18-,19?,21?,22?,23-,24+;;/m0000../s1. The fourth-order valence-corrected chi connectivity index (χ4v) is 31.4. The highest BCUT2D eigenvalue weighted by Crippen LogP contribution is 2.72. The zero-order valence-corrected chi connectivity index (χ0v) is 84.2. The number of hydrogen-bond acceptors (Lipinski definition) is 12. The predicted octanol–water partition coefficient (Wildman–Crippen LogP) is 25.3. The smallest absolute Gasteiger partial charge is 0.362 e. The van der Waals surface area contributed by atoms with E-state index in [-0.39, 0.29) is 92.9 Å². The van der Waals surface area contributed by atoms with Crippen LogP contribution >= 0.6 is 31.9 Å². The van der Waals surface area contributed by atoms with Crippen molar-refractivity contribution in [1.29, 1.82) is 0 Å². The lowest BCUT2D eigenvalue weighted by molar-refractivity contribution is -0.916. The third-order valence-electron chi connectivity index (χ3n) is 38.7. The molecular weight excluding hydrogens is 1760 g/mol. The number of pyridine rings is 4. The van der Waals surface area contributed by atoms with Crippen LogP contribution in [0.15, 0.2) is 169 Å². The fourth-order valence-electron chi connectivity index (χ4n) is 31.3. The molecule has 2 N–H and O–H groups in total. The van der Waals surface area contributed by atoms with E-state index in [1.165, 1.54) is 148 Å². The molecule has 131 heavy (non-hydrogen) atoms. The van der Waals surface area contributed by atoms with Gasteiger partial charge in [0, 0.05) is 68.8 Å². The summed E-state index contributed by atoms with van der Waals surface area (Å²) in [6.45, 7) is 30.6. The SMILES string of the molecule is C.CC[N+](CC)(CC)CC(=O)O[C@H]1CC[C@@]2(C)C(=CCC3C2CC[C@]2(C)C(c4cccnc4)=CCC32)C1.C[C@]12CC[C@H](O)CC1=CCC1C2CC[C@]2(C)C(c3cccnc3)=CCC12.C[C@]12CC[C@H](OC(=O)CBr)CC1=CCC1C2CC[C@]2(C)C(c3cccnc3)=CCC12.C[C@]12CC[C@H](OC(=O)C[N+](C)(C)C)CC1=CCC1C2CC[C@]2(C)C(c3cccnc3)=CCC12.O=C(O)CBr. The highest BCUT2D eigenvalue weighted by molar-refractivity contribution is 9.09. The van der Waals surface area contributed by atoms with Crippen molar-refractivity contribution in [2.45, 2.75) is 288 Å². The second kappa shape index (κ2) is 39.7. The second-order valence-corrected chi connectivity index (χ2v) is 46.9. The van der Waals surface area contributed by atoms with Gasteiger partial charge < -0.3 is 33.4 Å². The van der Waals surface area contributed by atoms with Gasteiger partial charge in [0.2, 0.25) is 0 Å². The van der Waals surface area contributed by atoms with Crippen molar-refractivity contribution in [2.75, 3.05) is 64.5 Å². The number of aliphatic carboxylic acids is 1. The minimum absolute atomic E-state index is 0. The summed E-state index contributed by atoms with van der Waals surface area (Å²) in [4.78, 5) is 64.0. The molecule has 0 saturated heterocycles. The molecule has 4 heterocycles. The van der Waals surface area contributed by atoms with Crippen LogP contribution in [0.2, 0.25) is 0 Å². The number of esters is 3. The number of aromatic nitrogens is 4. The maximum Gasteiger partial charge on any atom is 0.362 e. The summed E-state index contributed by atoms with van der Waals surface area (Å²) in [7, 11) is 6.12. The second-order valence-electron chi connectivity index (χ2n) is 45.8. The van der Waals surface area contributed by atoms with E-state index in [1.807, 2.05) is 64.5 Å². The lowest BCUT2D eigenvalue weighted by atomic mass is 9.47. The predicted molar refractivity (Wildman–Crippen MR) is 534 cm³/mol. The Balaban J connectivity index is 0.000000132. The van der Waals surface area contributed by atoms with E-state index in [1.54, 1.807) is 27.9 Å². The van der Waals surface area contributed by atoms with Crippen molar-refractivity contribution in [3.63, 3.8) is 0 Å². The number of aliphatic hydroxyl groups excluding tert-OH is 1. The van der Waals surface area contributed by atoms with Crippen molar-refractivity contribution in [1.82, 2.24) is 19.9 Å². The number of allylic oxidation sites excluding steroid dienone is 12. The molecule has 15 nitrogen and oxygen atoms in total. The van der Waals surface area contributed by atoms with E-state index < -0.39 is 5.97 Å². The number of quaternary nitrogens is 2. The van der Waals surface area contributed by atoms with Crippen LogP contribution < -0.4 is 0 Å². The Morgan fingerprint density at radius 3 is 0.893 bits per heavy atom. The zero-order valence-electron chi connectivity index (χ0n) is 81.0. The Labute approximate surface area is 802 Å². The Morgan fingerprint density at radius 2 is 0.634 bits per heavy atom. The number of nitrogens with zero attached hydrogens (tertiary/aromatic N) is 6. The monoisotopic (exact) mass is 1910 g/mol. The summed E-state index contributed by atoms with van der Waals surface area (Å²) in [6, 6.07) is 17.2. The first-order valence-corrected chi connectivity index (χ1v) is 52.9. The van der Waals surface area contributed by atoms with E-state index in [4.69, 9.17) is 19.3 Å². The van der Waals surface area contributed by atoms with Crippen LogP contribution in [-0.4, -0.2) is 152 Å². The summed E-state index contributed by atoms with van der Waals surface area (Å²) < 4.78 is 19.2. The molecule has 4 aromatic rings. The van der Waals surface area contributed by atoms with Crippen LogP contribution in [0.5, 0.6) is 0 Å². The maximum absolute atomic E-state index is 12.9. The summed E-state index contributed by atoms with van der Waals surface area (Å²) in [5, 5.41) is 18.2. The third kappa shape index (κ3) is 19.1. The van der Waals surface area contributed by atoms with Crippen molar-refractivity contribution < 1.29 is 52.6 Å². The molecule has 24 atom stereocenters. The summed E-state index contributed by atoms with van der Waals surface area (Å²) >= 11 is 5.94. The normalized spacial score (nSPS) is 37.6. The number of halogens is 2. The number of likely N-dealkylation sites (N-methyl/N-ethyl adjacent to an activating group) is 2. The van der Waals surface area contributed by atoms with Gasteiger partial charge in [-0.2, -0.15) is 0 Å². The van der Waals surface area contributed by atoms with Gasteiger partial charge in [-0.05, 0) is 364 Å². The summed E-state index contributed by atoms with van der Waals surface area (Å²) in [5.41, 5.74) is 20.0. The van der Waals surface area contributed by atoms with Crippen LogP contribution in [0.3, 0.4) is 0 Å². The Hall–Kier alpha value is -6.76. The number of carboxylic acid groups (broad SMARTS) is 1.